The van der Waals surface area contributed by atoms with Crippen molar-refractivity contribution < 1.29 is 4.79 Å². The summed E-state index contributed by atoms with van der Waals surface area (Å²) in [6, 6.07) is 4.84. The largest absolute Gasteiger partial charge is 0.345 e. The molecule has 8 heteroatoms. The standard InChI is InChI=1S/C9H7Cl2N5O/c10-6-3-1-2-5(8(6)11)9(17)12-4-7-13-15-16-14-7/h1-3H,4H2,(H,12,17)(H,13,14,15,16). The molecule has 0 unspecified atom stereocenters. The zero-order valence-corrected chi connectivity index (χ0v) is 9.96. The lowest BCUT2D eigenvalue weighted by Crippen LogP contribution is -2.23. The van der Waals surface area contributed by atoms with Crippen molar-refractivity contribution in [3.8, 4) is 0 Å². The molecule has 1 heterocycles. The Morgan fingerprint density at radius 1 is 1.41 bits per heavy atom. The number of carbonyl (C=O) groups excluding carboxylic acids is 1. The summed E-state index contributed by atoms with van der Waals surface area (Å²) in [7, 11) is 0. The SMILES string of the molecule is O=C(NCc1nn[nH]n1)c1cccc(Cl)c1Cl. The van der Waals surface area contributed by atoms with Gasteiger partial charge in [0.2, 0.25) is 0 Å². The Kier molecular flexibility index (Phi) is 3.55. The summed E-state index contributed by atoms with van der Waals surface area (Å²) in [5, 5.41) is 16.2. The van der Waals surface area contributed by atoms with Crippen LogP contribution in [0.15, 0.2) is 18.2 Å². The third kappa shape index (κ3) is 2.72. The predicted molar refractivity (Wildman–Crippen MR) is 61.8 cm³/mol. The van der Waals surface area contributed by atoms with Gasteiger partial charge in [0.05, 0.1) is 22.2 Å². The van der Waals surface area contributed by atoms with Crippen molar-refractivity contribution in [2.45, 2.75) is 6.54 Å². The molecule has 2 aromatic rings. The van der Waals surface area contributed by atoms with Gasteiger partial charge >= 0.3 is 0 Å². The number of hydrogen-bond acceptors (Lipinski definition) is 4. The van der Waals surface area contributed by atoms with Gasteiger partial charge in [0, 0.05) is 0 Å². The van der Waals surface area contributed by atoms with Crippen LogP contribution in [0.4, 0.5) is 0 Å². The van der Waals surface area contributed by atoms with Gasteiger partial charge in [-0.1, -0.05) is 34.5 Å². The van der Waals surface area contributed by atoms with Crippen molar-refractivity contribution in [3.63, 3.8) is 0 Å². The fourth-order valence-corrected chi connectivity index (χ4v) is 1.58. The quantitative estimate of drug-likeness (QED) is 0.885. The third-order valence-electron chi connectivity index (χ3n) is 1.99. The van der Waals surface area contributed by atoms with Gasteiger partial charge < -0.3 is 5.32 Å². The number of tetrazole rings is 1. The minimum atomic E-state index is -0.345. The minimum absolute atomic E-state index is 0.165. The summed E-state index contributed by atoms with van der Waals surface area (Å²) in [6.07, 6.45) is 0. The highest BCUT2D eigenvalue weighted by atomic mass is 35.5. The Bertz CT molecular complexity index is 528. The van der Waals surface area contributed by atoms with Crippen LogP contribution in [0.1, 0.15) is 16.2 Å². The summed E-state index contributed by atoms with van der Waals surface area (Å²) in [6.45, 7) is 0.165. The van der Waals surface area contributed by atoms with Gasteiger partial charge in [-0.3, -0.25) is 4.79 Å². The average molecular weight is 272 g/mol. The predicted octanol–water partition coefficient (Wildman–Crippen LogP) is 1.44. The van der Waals surface area contributed by atoms with Gasteiger partial charge in [0.1, 0.15) is 0 Å². The number of nitrogens with one attached hydrogen (secondary N) is 2. The highest BCUT2D eigenvalue weighted by Crippen LogP contribution is 2.25. The lowest BCUT2D eigenvalue weighted by atomic mass is 10.2. The number of carbonyl (C=O) groups is 1. The molecule has 0 aliphatic heterocycles. The van der Waals surface area contributed by atoms with E-state index in [9.17, 15) is 4.79 Å². The van der Waals surface area contributed by atoms with Gasteiger partial charge in [-0.05, 0) is 12.1 Å². The van der Waals surface area contributed by atoms with E-state index in [2.05, 4.69) is 25.9 Å². The molecule has 2 N–H and O–H groups in total. The molecule has 1 amide bonds. The lowest BCUT2D eigenvalue weighted by Gasteiger charge is -2.05. The van der Waals surface area contributed by atoms with Crippen LogP contribution in [0.2, 0.25) is 10.0 Å². The van der Waals surface area contributed by atoms with E-state index in [0.717, 1.165) is 0 Å². The first-order valence-electron chi connectivity index (χ1n) is 4.63. The molecule has 0 spiro atoms. The van der Waals surface area contributed by atoms with E-state index in [1.54, 1.807) is 18.2 Å². The van der Waals surface area contributed by atoms with E-state index in [-0.39, 0.29) is 17.5 Å². The number of H-pyrrole nitrogens is 1. The first-order chi connectivity index (χ1) is 8.18. The molecule has 1 aromatic carbocycles. The van der Waals surface area contributed by atoms with Crippen molar-refractivity contribution in [2.75, 3.05) is 0 Å². The van der Waals surface area contributed by atoms with E-state index >= 15 is 0 Å². The molecule has 0 radical (unpaired) electrons. The third-order valence-corrected chi connectivity index (χ3v) is 2.81. The highest BCUT2D eigenvalue weighted by Gasteiger charge is 2.12. The normalized spacial score (nSPS) is 10.2. The molecule has 88 valence electrons. The fraction of sp³-hybridized carbons (Fsp3) is 0.111. The zero-order valence-electron chi connectivity index (χ0n) is 8.44. The number of amides is 1. The number of rotatable bonds is 3. The van der Waals surface area contributed by atoms with E-state index in [4.69, 9.17) is 23.2 Å². The molecule has 1 aromatic heterocycles. The molecule has 0 saturated carbocycles. The maximum absolute atomic E-state index is 11.8. The van der Waals surface area contributed by atoms with Crippen LogP contribution >= 0.6 is 23.2 Å². The van der Waals surface area contributed by atoms with Crippen LogP contribution in [-0.2, 0) is 6.54 Å². The number of benzene rings is 1. The maximum Gasteiger partial charge on any atom is 0.253 e. The minimum Gasteiger partial charge on any atom is -0.345 e. The van der Waals surface area contributed by atoms with Crippen molar-refractivity contribution in [2.24, 2.45) is 0 Å². The van der Waals surface area contributed by atoms with E-state index in [1.165, 1.54) is 0 Å². The van der Waals surface area contributed by atoms with Crippen molar-refractivity contribution >= 4 is 29.1 Å². The van der Waals surface area contributed by atoms with Crippen molar-refractivity contribution in [3.05, 3.63) is 39.6 Å². The summed E-state index contributed by atoms with van der Waals surface area (Å²) >= 11 is 11.7. The van der Waals surface area contributed by atoms with Crippen LogP contribution < -0.4 is 5.32 Å². The second-order valence-corrected chi connectivity index (χ2v) is 3.90. The summed E-state index contributed by atoms with van der Waals surface area (Å²) in [4.78, 5) is 11.8. The van der Waals surface area contributed by atoms with Crippen LogP contribution in [0.3, 0.4) is 0 Å². The van der Waals surface area contributed by atoms with Crippen molar-refractivity contribution in [1.82, 2.24) is 25.9 Å². The van der Waals surface area contributed by atoms with E-state index in [0.29, 0.717) is 16.4 Å². The lowest BCUT2D eigenvalue weighted by molar-refractivity contribution is 0.0950. The van der Waals surface area contributed by atoms with E-state index in [1.807, 2.05) is 0 Å². The van der Waals surface area contributed by atoms with Crippen molar-refractivity contribution in [1.29, 1.82) is 0 Å². The number of hydrogen-bond donors (Lipinski definition) is 2. The van der Waals surface area contributed by atoms with Crippen LogP contribution in [-0.4, -0.2) is 26.5 Å². The number of aromatic nitrogens is 4. The number of halogens is 2. The fourth-order valence-electron chi connectivity index (χ4n) is 1.19. The smallest absolute Gasteiger partial charge is 0.253 e. The number of aromatic amines is 1. The Labute approximate surface area is 106 Å². The van der Waals surface area contributed by atoms with Crippen LogP contribution in [0, 0.1) is 0 Å². The summed E-state index contributed by atoms with van der Waals surface area (Å²) in [5.74, 6) is 0.0406. The zero-order chi connectivity index (χ0) is 12.3. The molecular formula is C9H7Cl2N5O. The molecule has 0 aliphatic rings. The molecule has 17 heavy (non-hydrogen) atoms. The van der Waals surface area contributed by atoms with E-state index < -0.39 is 0 Å². The second-order valence-electron chi connectivity index (χ2n) is 3.11. The first-order valence-corrected chi connectivity index (χ1v) is 5.38. The molecular weight excluding hydrogens is 265 g/mol. The molecule has 2 rings (SSSR count). The maximum atomic E-state index is 11.8. The topological polar surface area (TPSA) is 83.6 Å². The molecule has 6 nitrogen and oxygen atoms in total. The Morgan fingerprint density at radius 2 is 2.24 bits per heavy atom. The Balaban J connectivity index is 2.07. The highest BCUT2D eigenvalue weighted by molar-refractivity contribution is 6.43. The summed E-state index contributed by atoms with van der Waals surface area (Å²) < 4.78 is 0. The number of nitrogens with zero attached hydrogens (tertiary/aromatic N) is 3. The molecule has 0 aliphatic carbocycles. The van der Waals surface area contributed by atoms with Gasteiger partial charge in [0.25, 0.3) is 5.91 Å². The summed E-state index contributed by atoms with van der Waals surface area (Å²) in [5.41, 5.74) is 0.308. The average Bonchev–Trinajstić information content (AvgIpc) is 2.82. The van der Waals surface area contributed by atoms with Gasteiger partial charge in [-0.2, -0.15) is 5.21 Å². The second kappa shape index (κ2) is 5.11. The Morgan fingerprint density at radius 3 is 2.94 bits per heavy atom. The van der Waals surface area contributed by atoms with Gasteiger partial charge in [-0.15, -0.1) is 10.2 Å². The monoisotopic (exact) mass is 271 g/mol. The molecule has 0 bridgehead atoms. The molecule has 0 saturated heterocycles. The van der Waals surface area contributed by atoms with Gasteiger partial charge in [0.15, 0.2) is 5.82 Å². The Hall–Kier alpha value is -1.66. The van der Waals surface area contributed by atoms with Gasteiger partial charge in [-0.25, -0.2) is 0 Å². The molecule has 0 fully saturated rings. The van der Waals surface area contributed by atoms with Crippen LogP contribution in [0.25, 0.3) is 0 Å². The molecule has 0 atom stereocenters. The van der Waals surface area contributed by atoms with Crippen LogP contribution in [0.5, 0.6) is 0 Å². The first kappa shape index (κ1) is 11.8.